The van der Waals surface area contributed by atoms with Crippen molar-refractivity contribution in [2.24, 2.45) is 16.8 Å². The number of aromatic nitrogens is 1. The van der Waals surface area contributed by atoms with E-state index in [2.05, 4.69) is 44.5 Å². The Morgan fingerprint density at radius 2 is 1.92 bits per heavy atom. The monoisotopic (exact) mass is 322 g/mol. The van der Waals surface area contributed by atoms with E-state index in [-0.39, 0.29) is 0 Å². The Hall–Kier alpha value is -2.10. The van der Waals surface area contributed by atoms with Gasteiger partial charge in [0.25, 0.3) is 0 Å². The Bertz CT molecular complexity index is 720. The van der Waals surface area contributed by atoms with Crippen molar-refractivity contribution in [2.75, 3.05) is 20.1 Å². The lowest BCUT2D eigenvalue weighted by atomic mass is 9.82. The zero-order chi connectivity index (χ0) is 16.4. The smallest absolute Gasteiger partial charge is 0.193 e. The predicted octanol–water partition coefficient (Wildman–Crippen LogP) is 3.43. The second-order valence-corrected chi connectivity index (χ2v) is 7.10. The molecule has 4 rings (SSSR count). The Kier molecular flexibility index (Phi) is 4.37. The van der Waals surface area contributed by atoms with Crippen LogP contribution in [0.2, 0.25) is 0 Å². The van der Waals surface area contributed by atoms with Crippen LogP contribution >= 0.6 is 0 Å². The van der Waals surface area contributed by atoms with Crippen LogP contribution in [0.1, 0.15) is 31.2 Å². The molecule has 126 valence electrons. The second kappa shape index (κ2) is 6.80. The fourth-order valence-corrected chi connectivity index (χ4v) is 4.39. The maximum Gasteiger partial charge on any atom is 0.193 e. The van der Waals surface area contributed by atoms with E-state index >= 15 is 0 Å². The van der Waals surface area contributed by atoms with Crippen LogP contribution in [0.3, 0.4) is 0 Å². The molecule has 2 atom stereocenters. The fraction of sp³-hybridized carbons (Fsp3) is 0.500. The molecular weight excluding hydrogens is 296 g/mol. The van der Waals surface area contributed by atoms with Gasteiger partial charge in [0, 0.05) is 38.3 Å². The van der Waals surface area contributed by atoms with Gasteiger partial charge in [-0.15, -0.1) is 0 Å². The van der Waals surface area contributed by atoms with Crippen LogP contribution in [-0.4, -0.2) is 36.0 Å². The standard InChI is InChI=1S/C20H26N4/c1-21-20(24-13-16-6-2-3-7-17(16)14-24)23-12-15-10-11-22-19-9-5-4-8-18(15)19/h4-5,8-11,16-17H,2-3,6-7,12-14H2,1H3,(H,21,23). The van der Waals surface area contributed by atoms with Gasteiger partial charge in [0.05, 0.1) is 5.52 Å². The second-order valence-electron chi connectivity index (χ2n) is 7.10. The summed E-state index contributed by atoms with van der Waals surface area (Å²) in [5, 5.41) is 4.80. The molecule has 2 fully saturated rings. The van der Waals surface area contributed by atoms with Gasteiger partial charge in [-0.2, -0.15) is 0 Å². The number of likely N-dealkylation sites (tertiary alicyclic amines) is 1. The molecule has 4 heteroatoms. The number of pyridine rings is 1. The first-order chi connectivity index (χ1) is 11.8. The van der Waals surface area contributed by atoms with Crippen LogP contribution < -0.4 is 5.32 Å². The number of aliphatic imine (C=N–C) groups is 1. The van der Waals surface area contributed by atoms with E-state index in [0.29, 0.717) is 0 Å². The molecule has 4 nitrogen and oxygen atoms in total. The highest BCUT2D eigenvalue weighted by atomic mass is 15.3. The Labute approximate surface area is 144 Å². The number of nitrogens with one attached hydrogen (secondary N) is 1. The largest absolute Gasteiger partial charge is 0.352 e. The molecule has 1 saturated carbocycles. The zero-order valence-corrected chi connectivity index (χ0v) is 14.4. The number of guanidine groups is 1. The third-order valence-corrected chi connectivity index (χ3v) is 5.66. The molecule has 1 saturated heterocycles. The number of hydrogen-bond donors (Lipinski definition) is 1. The van der Waals surface area contributed by atoms with Gasteiger partial charge in [0.1, 0.15) is 0 Å². The average molecular weight is 322 g/mol. The molecule has 1 aliphatic heterocycles. The molecule has 1 N–H and O–H groups in total. The van der Waals surface area contributed by atoms with Crippen molar-refractivity contribution in [3.05, 3.63) is 42.1 Å². The first kappa shape index (κ1) is 15.4. The van der Waals surface area contributed by atoms with Crippen molar-refractivity contribution in [1.29, 1.82) is 0 Å². The maximum absolute atomic E-state index is 4.54. The van der Waals surface area contributed by atoms with Crippen molar-refractivity contribution < 1.29 is 0 Å². The molecule has 2 heterocycles. The Morgan fingerprint density at radius 3 is 2.67 bits per heavy atom. The van der Waals surface area contributed by atoms with Gasteiger partial charge < -0.3 is 10.2 Å². The third kappa shape index (κ3) is 2.97. The molecule has 2 aromatic rings. The average Bonchev–Trinajstić information content (AvgIpc) is 3.06. The highest BCUT2D eigenvalue weighted by molar-refractivity contribution is 5.83. The van der Waals surface area contributed by atoms with Crippen LogP contribution in [0.25, 0.3) is 10.9 Å². The lowest BCUT2D eigenvalue weighted by molar-refractivity contribution is 0.299. The first-order valence-electron chi connectivity index (χ1n) is 9.13. The number of benzene rings is 1. The van der Waals surface area contributed by atoms with Crippen molar-refractivity contribution >= 4 is 16.9 Å². The third-order valence-electron chi connectivity index (χ3n) is 5.66. The fourth-order valence-electron chi connectivity index (χ4n) is 4.39. The highest BCUT2D eigenvalue weighted by Crippen LogP contribution is 2.35. The lowest BCUT2D eigenvalue weighted by Crippen LogP contribution is -2.39. The van der Waals surface area contributed by atoms with Crippen LogP contribution in [-0.2, 0) is 6.54 Å². The summed E-state index contributed by atoms with van der Waals surface area (Å²) in [6.07, 6.45) is 7.50. The first-order valence-corrected chi connectivity index (χ1v) is 9.13. The maximum atomic E-state index is 4.54. The Morgan fingerprint density at radius 1 is 1.17 bits per heavy atom. The van der Waals surface area contributed by atoms with Crippen molar-refractivity contribution in [3.8, 4) is 0 Å². The topological polar surface area (TPSA) is 40.5 Å². The van der Waals surface area contributed by atoms with E-state index in [0.717, 1.165) is 29.9 Å². The van der Waals surface area contributed by atoms with Crippen molar-refractivity contribution in [3.63, 3.8) is 0 Å². The summed E-state index contributed by atoms with van der Waals surface area (Å²) in [6.45, 7) is 3.13. The number of nitrogens with zero attached hydrogens (tertiary/aromatic N) is 3. The molecular formula is C20H26N4. The summed E-state index contributed by atoms with van der Waals surface area (Å²) in [5.74, 6) is 2.79. The van der Waals surface area contributed by atoms with Gasteiger partial charge in [-0.3, -0.25) is 9.98 Å². The molecule has 1 aromatic heterocycles. The molecule has 0 radical (unpaired) electrons. The van der Waals surface area contributed by atoms with E-state index in [9.17, 15) is 0 Å². The Balaban J connectivity index is 1.46. The van der Waals surface area contributed by atoms with Gasteiger partial charge in [0.15, 0.2) is 5.96 Å². The lowest BCUT2D eigenvalue weighted by Gasteiger charge is -2.22. The van der Waals surface area contributed by atoms with Crippen LogP contribution in [0.15, 0.2) is 41.5 Å². The minimum absolute atomic E-state index is 0.793. The summed E-state index contributed by atoms with van der Waals surface area (Å²) in [4.78, 5) is 11.4. The van der Waals surface area contributed by atoms with E-state index in [1.807, 2.05) is 19.3 Å². The molecule has 0 amide bonds. The van der Waals surface area contributed by atoms with Crippen molar-refractivity contribution in [1.82, 2.24) is 15.2 Å². The minimum Gasteiger partial charge on any atom is -0.352 e. The van der Waals surface area contributed by atoms with Crippen LogP contribution in [0.5, 0.6) is 0 Å². The molecule has 2 unspecified atom stereocenters. The molecule has 1 aliphatic carbocycles. The zero-order valence-electron chi connectivity index (χ0n) is 14.4. The molecule has 1 aromatic carbocycles. The summed E-state index contributed by atoms with van der Waals surface area (Å²) >= 11 is 0. The quantitative estimate of drug-likeness (QED) is 0.680. The summed E-state index contributed by atoms with van der Waals surface area (Å²) < 4.78 is 0. The minimum atomic E-state index is 0.793. The summed E-state index contributed by atoms with van der Waals surface area (Å²) in [7, 11) is 1.90. The van der Waals surface area contributed by atoms with E-state index < -0.39 is 0 Å². The number of para-hydroxylation sites is 1. The molecule has 2 aliphatic rings. The molecule has 0 spiro atoms. The normalized spacial score (nSPS) is 24.2. The highest BCUT2D eigenvalue weighted by Gasteiger charge is 2.35. The molecule has 0 bridgehead atoms. The van der Waals surface area contributed by atoms with Gasteiger partial charge >= 0.3 is 0 Å². The van der Waals surface area contributed by atoms with Gasteiger partial charge in [-0.1, -0.05) is 31.0 Å². The predicted molar refractivity (Wildman–Crippen MR) is 99.0 cm³/mol. The molecule has 24 heavy (non-hydrogen) atoms. The van der Waals surface area contributed by atoms with Gasteiger partial charge in [-0.25, -0.2) is 0 Å². The van der Waals surface area contributed by atoms with Gasteiger partial charge in [-0.05, 0) is 42.4 Å². The van der Waals surface area contributed by atoms with E-state index in [1.54, 1.807) is 0 Å². The number of fused-ring (bicyclic) bond motifs is 2. The van der Waals surface area contributed by atoms with Crippen LogP contribution in [0, 0.1) is 11.8 Å². The van der Waals surface area contributed by atoms with E-state index in [4.69, 9.17) is 0 Å². The van der Waals surface area contributed by atoms with Gasteiger partial charge in [0.2, 0.25) is 0 Å². The van der Waals surface area contributed by atoms with Crippen molar-refractivity contribution in [2.45, 2.75) is 32.2 Å². The van der Waals surface area contributed by atoms with E-state index in [1.165, 1.54) is 49.7 Å². The number of rotatable bonds is 2. The summed E-state index contributed by atoms with van der Waals surface area (Å²) in [5.41, 5.74) is 2.33. The SMILES string of the molecule is CN=C(NCc1ccnc2ccccc12)N1CC2CCCCC2C1. The number of hydrogen-bond acceptors (Lipinski definition) is 2. The summed E-state index contributed by atoms with van der Waals surface area (Å²) in [6, 6.07) is 10.4. The van der Waals surface area contributed by atoms with Crippen LogP contribution in [0.4, 0.5) is 0 Å².